The lowest BCUT2D eigenvalue weighted by molar-refractivity contribution is -0.121. The number of Topliss-reactive ketones (excluding diaryl/α,β-unsaturated/α-hetero) is 1. The van der Waals surface area contributed by atoms with Crippen molar-refractivity contribution < 1.29 is 4.79 Å². The molecule has 2 aliphatic rings. The van der Waals surface area contributed by atoms with Crippen molar-refractivity contribution in [2.75, 3.05) is 6.54 Å². The van der Waals surface area contributed by atoms with Crippen LogP contribution in [0.3, 0.4) is 0 Å². The van der Waals surface area contributed by atoms with E-state index in [1.807, 2.05) is 0 Å². The topological polar surface area (TPSA) is 20.3 Å². The first kappa shape index (κ1) is 12.1. The Balaban J connectivity index is 1.83. The van der Waals surface area contributed by atoms with Gasteiger partial charge in [0, 0.05) is 24.9 Å². The molecule has 0 unspecified atom stereocenters. The lowest BCUT2D eigenvalue weighted by Crippen LogP contribution is -2.40. The Morgan fingerprint density at radius 3 is 2.19 bits per heavy atom. The van der Waals surface area contributed by atoms with E-state index in [1.165, 1.54) is 25.8 Å². The zero-order valence-corrected chi connectivity index (χ0v) is 10.7. The van der Waals surface area contributed by atoms with Crippen LogP contribution in [0.4, 0.5) is 0 Å². The molecular weight excluding hydrogens is 198 g/mol. The van der Waals surface area contributed by atoms with Crippen LogP contribution in [0.15, 0.2) is 0 Å². The van der Waals surface area contributed by atoms with Crippen molar-refractivity contribution in [3.05, 3.63) is 0 Å². The maximum Gasteiger partial charge on any atom is 0.133 e. The summed E-state index contributed by atoms with van der Waals surface area (Å²) < 4.78 is 0. The molecule has 0 amide bonds. The average molecular weight is 223 g/mol. The number of rotatable bonds is 5. The molecule has 0 spiro atoms. The normalized spacial score (nSPS) is 23.4. The van der Waals surface area contributed by atoms with Gasteiger partial charge in [-0.25, -0.2) is 0 Å². The minimum atomic E-state index is 0.482. The number of hydrogen-bond donors (Lipinski definition) is 0. The highest BCUT2D eigenvalue weighted by molar-refractivity contribution is 5.79. The lowest BCUT2D eigenvalue weighted by atomic mass is 9.92. The number of nitrogens with zero attached hydrogens (tertiary/aromatic N) is 1. The van der Waals surface area contributed by atoms with Crippen molar-refractivity contribution in [1.29, 1.82) is 0 Å². The Bertz CT molecular complexity index is 235. The predicted molar refractivity (Wildman–Crippen MR) is 66.4 cm³/mol. The third kappa shape index (κ3) is 3.31. The zero-order chi connectivity index (χ0) is 11.5. The van der Waals surface area contributed by atoms with E-state index < -0.39 is 0 Å². The molecule has 0 N–H and O–H groups in total. The summed E-state index contributed by atoms with van der Waals surface area (Å²) in [4.78, 5) is 14.0. The molecule has 0 heterocycles. The van der Waals surface area contributed by atoms with E-state index in [9.17, 15) is 4.79 Å². The number of carbonyl (C=O) groups excluding carboxylic acids is 1. The summed E-state index contributed by atoms with van der Waals surface area (Å²) in [5.74, 6) is 1.28. The average Bonchev–Trinajstić information content (AvgIpc) is 3.04. The van der Waals surface area contributed by atoms with Gasteiger partial charge in [-0.3, -0.25) is 9.69 Å². The maximum atomic E-state index is 11.3. The number of hydrogen-bond acceptors (Lipinski definition) is 2. The van der Waals surface area contributed by atoms with E-state index in [1.54, 1.807) is 0 Å². The molecule has 0 aromatic carbocycles. The third-order valence-corrected chi connectivity index (χ3v) is 3.96. The van der Waals surface area contributed by atoms with E-state index in [0.717, 1.165) is 37.6 Å². The smallest absolute Gasteiger partial charge is 0.133 e. The monoisotopic (exact) mass is 223 g/mol. The van der Waals surface area contributed by atoms with E-state index in [4.69, 9.17) is 0 Å². The van der Waals surface area contributed by atoms with Gasteiger partial charge in [-0.2, -0.15) is 0 Å². The van der Waals surface area contributed by atoms with Crippen LogP contribution >= 0.6 is 0 Å². The molecule has 16 heavy (non-hydrogen) atoms. The Labute approximate surface area is 99.4 Å². The van der Waals surface area contributed by atoms with E-state index in [-0.39, 0.29) is 0 Å². The molecule has 0 aromatic rings. The second-order valence-electron chi connectivity index (χ2n) is 5.92. The summed E-state index contributed by atoms with van der Waals surface area (Å²) in [6.45, 7) is 5.85. The number of ketones is 1. The van der Waals surface area contributed by atoms with Crippen LogP contribution in [0.25, 0.3) is 0 Å². The van der Waals surface area contributed by atoms with E-state index >= 15 is 0 Å². The Hall–Kier alpha value is -0.370. The SMILES string of the molecule is CC(C)CCN(C1CCC(=O)CC1)C1CC1. The molecule has 0 aromatic heterocycles. The van der Waals surface area contributed by atoms with Gasteiger partial charge in [0.25, 0.3) is 0 Å². The van der Waals surface area contributed by atoms with Crippen LogP contribution in [0.1, 0.15) is 58.8 Å². The van der Waals surface area contributed by atoms with E-state index in [2.05, 4.69) is 18.7 Å². The first-order valence-corrected chi connectivity index (χ1v) is 6.94. The minimum Gasteiger partial charge on any atom is -0.300 e. The van der Waals surface area contributed by atoms with Crippen molar-refractivity contribution in [3.63, 3.8) is 0 Å². The first-order chi connectivity index (χ1) is 7.66. The van der Waals surface area contributed by atoms with Gasteiger partial charge >= 0.3 is 0 Å². The van der Waals surface area contributed by atoms with Gasteiger partial charge in [-0.05, 0) is 44.6 Å². The van der Waals surface area contributed by atoms with Gasteiger partial charge in [0.2, 0.25) is 0 Å². The fourth-order valence-electron chi connectivity index (χ4n) is 2.73. The van der Waals surface area contributed by atoms with Crippen LogP contribution in [0.5, 0.6) is 0 Å². The lowest BCUT2D eigenvalue weighted by Gasteiger charge is -2.34. The van der Waals surface area contributed by atoms with Crippen molar-refractivity contribution >= 4 is 5.78 Å². The molecule has 2 fully saturated rings. The molecule has 0 radical (unpaired) electrons. The molecule has 2 rings (SSSR count). The molecule has 0 saturated heterocycles. The fraction of sp³-hybridized carbons (Fsp3) is 0.929. The molecule has 2 nitrogen and oxygen atoms in total. The molecule has 0 aliphatic heterocycles. The minimum absolute atomic E-state index is 0.482. The summed E-state index contributed by atoms with van der Waals surface area (Å²) in [6.07, 6.45) is 7.98. The predicted octanol–water partition coefficient (Wildman–Crippen LogP) is 3.01. The van der Waals surface area contributed by atoms with Gasteiger partial charge in [0.05, 0.1) is 0 Å². The highest BCUT2D eigenvalue weighted by Crippen LogP contribution is 2.33. The Kier molecular flexibility index (Phi) is 4.01. The Morgan fingerprint density at radius 1 is 1.12 bits per heavy atom. The standard InChI is InChI=1S/C14H25NO/c1-11(2)9-10-15(12-3-4-12)13-5-7-14(16)8-6-13/h11-13H,3-10H2,1-2H3. The van der Waals surface area contributed by atoms with Crippen molar-refractivity contribution in [2.24, 2.45) is 5.92 Å². The summed E-state index contributed by atoms with van der Waals surface area (Å²) >= 11 is 0. The second-order valence-corrected chi connectivity index (χ2v) is 5.92. The highest BCUT2D eigenvalue weighted by Gasteiger charge is 2.35. The summed E-state index contributed by atoms with van der Waals surface area (Å²) in [6, 6.07) is 1.57. The molecule has 2 heteroatoms. The van der Waals surface area contributed by atoms with Gasteiger partial charge in [-0.1, -0.05) is 13.8 Å². The summed E-state index contributed by atoms with van der Waals surface area (Å²) in [7, 11) is 0. The molecule has 0 bridgehead atoms. The van der Waals surface area contributed by atoms with Crippen molar-refractivity contribution in [3.8, 4) is 0 Å². The van der Waals surface area contributed by atoms with Gasteiger partial charge in [-0.15, -0.1) is 0 Å². The molecular formula is C14H25NO. The largest absolute Gasteiger partial charge is 0.300 e. The Morgan fingerprint density at radius 2 is 1.69 bits per heavy atom. The van der Waals surface area contributed by atoms with Gasteiger partial charge < -0.3 is 0 Å². The van der Waals surface area contributed by atoms with Crippen molar-refractivity contribution in [1.82, 2.24) is 4.90 Å². The van der Waals surface area contributed by atoms with Gasteiger partial charge in [0.15, 0.2) is 0 Å². The third-order valence-electron chi connectivity index (χ3n) is 3.96. The first-order valence-electron chi connectivity index (χ1n) is 6.94. The van der Waals surface area contributed by atoms with E-state index in [0.29, 0.717) is 11.8 Å². The zero-order valence-electron chi connectivity index (χ0n) is 10.7. The van der Waals surface area contributed by atoms with Crippen molar-refractivity contribution in [2.45, 2.75) is 70.9 Å². The highest BCUT2D eigenvalue weighted by atomic mass is 16.1. The van der Waals surface area contributed by atoms with Crippen LogP contribution in [0.2, 0.25) is 0 Å². The summed E-state index contributed by atoms with van der Waals surface area (Å²) in [5.41, 5.74) is 0. The van der Waals surface area contributed by atoms with Crippen LogP contribution in [0, 0.1) is 5.92 Å². The van der Waals surface area contributed by atoms with Gasteiger partial charge in [0.1, 0.15) is 5.78 Å². The molecule has 2 aliphatic carbocycles. The molecule has 92 valence electrons. The second kappa shape index (κ2) is 5.31. The number of carbonyl (C=O) groups is 1. The van der Waals surface area contributed by atoms with Crippen LogP contribution in [-0.4, -0.2) is 29.3 Å². The fourth-order valence-corrected chi connectivity index (χ4v) is 2.73. The molecule has 0 atom stereocenters. The van der Waals surface area contributed by atoms with Crippen LogP contribution in [-0.2, 0) is 4.79 Å². The molecule has 2 saturated carbocycles. The maximum absolute atomic E-state index is 11.3. The quantitative estimate of drug-likeness (QED) is 0.714. The van der Waals surface area contributed by atoms with Crippen LogP contribution < -0.4 is 0 Å². The summed E-state index contributed by atoms with van der Waals surface area (Å²) in [5, 5.41) is 0.